The summed E-state index contributed by atoms with van der Waals surface area (Å²) in [7, 11) is 0. The Morgan fingerprint density at radius 2 is 2.04 bits per heavy atom. The number of carbonyl (C=O) groups excluding carboxylic acids is 2. The Morgan fingerprint density at radius 3 is 2.79 bits per heavy atom. The summed E-state index contributed by atoms with van der Waals surface area (Å²) in [4.78, 5) is 25.9. The number of likely N-dealkylation sites (tertiary alicyclic amines) is 1. The number of hydrogen-bond acceptors (Lipinski definition) is 5. The molecule has 2 aliphatic heterocycles. The minimum absolute atomic E-state index is 0.137. The molecule has 0 spiro atoms. The van der Waals surface area contributed by atoms with E-state index in [1.165, 1.54) is 0 Å². The van der Waals surface area contributed by atoms with E-state index >= 15 is 0 Å². The molecule has 3 unspecified atom stereocenters. The Balaban J connectivity index is 1.49. The van der Waals surface area contributed by atoms with Crippen molar-refractivity contribution in [2.45, 2.75) is 38.5 Å². The molecular formula is C18H24N2O4. The minimum atomic E-state index is -0.293. The van der Waals surface area contributed by atoms with Gasteiger partial charge >= 0.3 is 12.1 Å². The molecule has 3 rings (SSSR count). The third-order valence-corrected chi connectivity index (χ3v) is 4.74. The highest BCUT2D eigenvalue weighted by Crippen LogP contribution is 2.29. The van der Waals surface area contributed by atoms with Crippen LogP contribution in [0.5, 0.6) is 0 Å². The number of nitrogens with one attached hydrogen (secondary N) is 1. The number of esters is 1. The van der Waals surface area contributed by atoms with Crippen molar-refractivity contribution in [2.24, 2.45) is 5.92 Å². The van der Waals surface area contributed by atoms with Gasteiger partial charge in [-0.15, -0.1) is 0 Å². The number of nitrogens with zero attached hydrogens (tertiary/aromatic N) is 1. The highest BCUT2D eigenvalue weighted by atomic mass is 16.6. The smallest absolute Gasteiger partial charge is 0.410 e. The van der Waals surface area contributed by atoms with Crippen molar-refractivity contribution in [2.75, 3.05) is 19.7 Å². The molecule has 0 bridgehead atoms. The molecule has 0 saturated carbocycles. The molecule has 6 heteroatoms. The average molecular weight is 332 g/mol. The van der Waals surface area contributed by atoms with Crippen LogP contribution >= 0.6 is 0 Å². The van der Waals surface area contributed by atoms with Crippen LogP contribution in [0.25, 0.3) is 0 Å². The quantitative estimate of drug-likeness (QED) is 0.854. The van der Waals surface area contributed by atoms with E-state index in [1.54, 1.807) is 4.90 Å². The number of fused-ring (bicyclic) bond motifs is 1. The first kappa shape index (κ1) is 16.8. The van der Waals surface area contributed by atoms with Crippen LogP contribution in [-0.4, -0.2) is 48.7 Å². The number of hydrogen-bond donors (Lipinski definition) is 1. The van der Waals surface area contributed by atoms with Crippen molar-refractivity contribution in [3.8, 4) is 0 Å². The molecule has 1 aromatic rings. The molecule has 0 aromatic heterocycles. The number of ether oxygens (including phenoxy) is 2. The van der Waals surface area contributed by atoms with E-state index in [0.29, 0.717) is 25.6 Å². The van der Waals surface area contributed by atoms with Crippen molar-refractivity contribution in [3.63, 3.8) is 0 Å². The maximum absolute atomic E-state index is 12.3. The van der Waals surface area contributed by atoms with Gasteiger partial charge in [0.15, 0.2) is 0 Å². The Morgan fingerprint density at radius 1 is 1.25 bits per heavy atom. The average Bonchev–Trinajstić information content (AvgIpc) is 3.04. The van der Waals surface area contributed by atoms with Gasteiger partial charge in [-0.2, -0.15) is 0 Å². The van der Waals surface area contributed by atoms with E-state index in [9.17, 15) is 9.59 Å². The van der Waals surface area contributed by atoms with Crippen molar-refractivity contribution >= 4 is 12.1 Å². The molecule has 3 atom stereocenters. The fourth-order valence-corrected chi connectivity index (χ4v) is 3.48. The number of piperidine rings is 1. The number of benzene rings is 1. The second-order valence-corrected chi connectivity index (χ2v) is 6.35. The van der Waals surface area contributed by atoms with Gasteiger partial charge < -0.3 is 14.4 Å². The fraction of sp³-hybridized carbons (Fsp3) is 0.556. The first-order valence-electron chi connectivity index (χ1n) is 8.55. The zero-order valence-electron chi connectivity index (χ0n) is 13.9. The van der Waals surface area contributed by atoms with Crippen LogP contribution in [-0.2, 0) is 20.9 Å². The van der Waals surface area contributed by atoms with Crippen molar-refractivity contribution in [1.82, 2.24) is 10.2 Å². The zero-order chi connectivity index (χ0) is 16.9. The van der Waals surface area contributed by atoms with Gasteiger partial charge in [0.05, 0.1) is 6.61 Å². The maximum Gasteiger partial charge on any atom is 0.410 e. The van der Waals surface area contributed by atoms with E-state index in [1.807, 2.05) is 37.3 Å². The lowest BCUT2D eigenvalue weighted by molar-refractivity contribution is -0.145. The zero-order valence-corrected chi connectivity index (χ0v) is 13.9. The molecule has 6 nitrogen and oxygen atoms in total. The van der Waals surface area contributed by atoms with Crippen LogP contribution in [0, 0.1) is 5.92 Å². The van der Waals surface area contributed by atoms with Crippen molar-refractivity contribution < 1.29 is 19.1 Å². The lowest BCUT2D eigenvalue weighted by Crippen LogP contribution is -2.50. The second-order valence-electron chi connectivity index (χ2n) is 6.35. The van der Waals surface area contributed by atoms with E-state index in [2.05, 4.69) is 5.32 Å². The van der Waals surface area contributed by atoms with Crippen LogP contribution < -0.4 is 5.32 Å². The van der Waals surface area contributed by atoms with Crippen LogP contribution in [0.2, 0.25) is 0 Å². The second kappa shape index (κ2) is 7.66. The number of carbonyl (C=O) groups is 2. The van der Waals surface area contributed by atoms with Gasteiger partial charge in [-0.05, 0) is 31.2 Å². The van der Waals surface area contributed by atoms with Crippen LogP contribution in [0.1, 0.15) is 25.3 Å². The first-order chi connectivity index (χ1) is 11.7. The van der Waals surface area contributed by atoms with E-state index < -0.39 is 0 Å². The molecule has 2 saturated heterocycles. The highest BCUT2D eigenvalue weighted by molar-refractivity contribution is 5.76. The number of rotatable bonds is 4. The van der Waals surface area contributed by atoms with Gasteiger partial charge in [-0.25, -0.2) is 4.79 Å². The summed E-state index contributed by atoms with van der Waals surface area (Å²) >= 11 is 0. The number of amides is 1. The molecule has 24 heavy (non-hydrogen) atoms. The lowest BCUT2D eigenvalue weighted by Gasteiger charge is -2.34. The molecule has 2 heterocycles. The predicted octanol–water partition coefficient (Wildman–Crippen LogP) is 1.94. The van der Waals surface area contributed by atoms with E-state index in [-0.39, 0.29) is 30.8 Å². The van der Waals surface area contributed by atoms with Crippen molar-refractivity contribution in [1.29, 1.82) is 0 Å². The van der Waals surface area contributed by atoms with E-state index in [0.717, 1.165) is 18.4 Å². The van der Waals surface area contributed by atoms with Gasteiger partial charge in [0, 0.05) is 19.1 Å². The summed E-state index contributed by atoms with van der Waals surface area (Å²) < 4.78 is 10.5. The molecule has 1 amide bonds. The summed E-state index contributed by atoms with van der Waals surface area (Å²) in [6, 6.07) is 9.53. The summed E-state index contributed by atoms with van der Waals surface area (Å²) in [6.07, 6.45) is 1.38. The molecule has 2 fully saturated rings. The third kappa shape index (κ3) is 3.87. The Labute approximate surface area is 142 Å². The summed E-state index contributed by atoms with van der Waals surface area (Å²) in [6.45, 7) is 3.73. The summed E-state index contributed by atoms with van der Waals surface area (Å²) in [5.41, 5.74) is 0.974. The molecule has 2 aliphatic rings. The van der Waals surface area contributed by atoms with Gasteiger partial charge in [0.1, 0.15) is 12.6 Å². The third-order valence-electron chi connectivity index (χ3n) is 4.74. The molecule has 0 aliphatic carbocycles. The summed E-state index contributed by atoms with van der Waals surface area (Å²) in [5, 5.41) is 3.31. The SMILES string of the molecule is CCOC(=O)C1CC2CCN(C(=O)OCc3ccccc3)CC2N1. The first-order valence-corrected chi connectivity index (χ1v) is 8.55. The maximum atomic E-state index is 12.3. The molecule has 1 N–H and O–H groups in total. The predicted molar refractivity (Wildman–Crippen MR) is 88.3 cm³/mol. The molecule has 130 valence electrons. The van der Waals surface area contributed by atoms with Crippen LogP contribution in [0.4, 0.5) is 4.79 Å². The Bertz CT molecular complexity index is 578. The van der Waals surface area contributed by atoms with E-state index in [4.69, 9.17) is 9.47 Å². The molecule has 1 aromatic carbocycles. The van der Waals surface area contributed by atoms with Crippen molar-refractivity contribution in [3.05, 3.63) is 35.9 Å². The standard InChI is InChI=1S/C18H24N2O4/c1-2-23-17(21)15-10-14-8-9-20(11-16(14)19-15)18(22)24-12-13-6-4-3-5-7-13/h3-7,14-16,19H,2,8-12H2,1H3. The van der Waals surface area contributed by atoms with Gasteiger partial charge in [-0.3, -0.25) is 10.1 Å². The summed E-state index contributed by atoms with van der Waals surface area (Å²) in [5.74, 6) is 0.225. The van der Waals surface area contributed by atoms with Gasteiger partial charge in [0.25, 0.3) is 0 Å². The van der Waals surface area contributed by atoms with Gasteiger partial charge in [0.2, 0.25) is 0 Å². The highest BCUT2D eigenvalue weighted by Gasteiger charge is 2.42. The topological polar surface area (TPSA) is 67.9 Å². The Kier molecular flexibility index (Phi) is 5.35. The van der Waals surface area contributed by atoms with Gasteiger partial charge in [-0.1, -0.05) is 30.3 Å². The van der Waals surface area contributed by atoms with Crippen LogP contribution in [0.3, 0.4) is 0 Å². The monoisotopic (exact) mass is 332 g/mol. The van der Waals surface area contributed by atoms with Crippen LogP contribution in [0.15, 0.2) is 30.3 Å². The molecule has 0 radical (unpaired) electrons. The molecular weight excluding hydrogens is 308 g/mol. The normalized spacial score (nSPS) is 25.9. The largest absolute Gasteiger partial charge is 0.465 e. The minimum Gasteiger partial charge on any atom is -0.465 e. The fourth-order valence-electron chi connectivity index (χ4n) is 3.48. The lowest BCUT2D eigenvalue weighted by atomic mass is 9.91. The Hall–Kier alpha value is -2.08.